The fourth-order valence-corrected chi connectivity index (χ4v) is 2.77. The lowest BCUT2D eigenvalue weighted by molar-refractivity contribution is -0.117. The van der Waals surface area contributed by atoms with E-state index in [1.807, 2.05) is 43.3 Å². The Kier molecular flexibility index (Phi) is 6.89. The van der Waals surface area contributed by atoms with Crippen LogP contribution < -0.4 is 15.1 Å². The standard InChI is InChI=1S/C19H21Cl2N3O2/c1-13(25)24(15-9-7-14(8-10-15)23(2)3)12-11-18(26)22-17-6-4-5-16(20)19(17)21/h4-10H,11-12H2,1-3H3,(H,22,26). The van der Waals surface area contributed by atoms with E-state index in [2.05, 4.69) is 5.32 Å². The molecule has 26 heavy (non-hydrogen) atoms. The maximum atomic E-state index is 12.2. The molecular formula is C19H21Cl2N3O2. The normalized spacial score (nSPS) is 10.3. The average molecular weight is 394 g/mol. The maximum absolute atomic E-state index is 12.2. The van der Waals surface area contributed by atoms with Crippen molar-refractivity contribution in [3.05, 3.63) is 52.5 Å². The highest BCUT2D eigenvalue weighted by Crippen LogP contribution is 2.29. The molecule has 1 N–H and O–H groups in total. The van der Waals surface area contributed by atoms with Gasteiger partial charge in [0.1, 0.15) is 0 Å². The second kappa shape index (κ2) is 8.92. The summed E-state index contributed by atoms with van der Waals surface area (Å²) in [6.45, 7) is 1.74. The van der Waals surface area contributed by atoms with Gasteiger partial charge in [-0.15, -0.1) is 0 Å². The molecular weight excluding hydrogens is 373 g/mol. The van der Waals surface area contributed by atoms with Gasteiger partial charge in [-0.05, 0) is 36.4 Å². The summed E-state index contributed by atoms with van der Waals surface area (Å²) in [5.74, 6) is -0.374. The van der Waals surface area contributed by atoms with Crippen LogP contribution in [0.15, 0.2) is 42.5 Å². The van der Waals surface area contributed by atoms with Gasteiger partial charge in [-0.1, -0.05) is 29.3 Å². The highest BCUT2D eigenvalue weighted by Gasteiger charge is 2.15. The Morgan fingerprint density at radius 1 is 1.00 bits per heavy atom. The molecule has 7 heteroatoms. The third-order valence-corrected chi connectivity index (χ3v) is 4.66. The van der Waals surface area contributed by atoms with Gasteiger partial charge in [0.25, 0.3) is 0 Å². The molecule has 0 atom stereocenters. The molecule has 0 radical (unpaired) electrons. The highest BCUT2D eigenvalue weighted by atomic mass is 35.5. The Hall–Kier alpha value is -2.24. The smallest absolute Gasteiger partial charge is 0.226 e. The summed E-state index contributed by atoms with van der Waals surface area (Å²) in [6.07, 6.45) is 0.137. The van der Waals surface area contributed by atoms with E-state index < -0.39 is 0 Å². The largest absolute Gasteiger partial charge is 0.378 e. The van der Waals surface area contributed by atoms with Crippen LogP contribution in [-0.2, 0) is 9.59 Å². The van der Waals surface area contributed by atoms with E-state index in [9.17, 15) is 9.59 Å². The van der Waals surface area contributed by atoms with E-state index >= 15 is 0 Å². The first-order chi connectivity index (χ1) is 12.3. The van der Waals surface area contributed by atoms with E-state index in [-0.39, 0.29) is 24.8 Å². The van der Waals surface area contributed by atoms with Crippen LogP contribution in [-0.4, -0.2) is 32.5 Å². The molecule has 0 spiro atoms. The SMILES string of the molecule is CC(=O)N(CCC(=O)Nc1cccc(Cl)c1Cl)c1ccc(N(C)C)cc1. The van der Waals surface area contributed by atoms with E-state index in [0.29, 0.717) is 15.7 Å². The molecule has 2 rings (SSSR count). The van der Waals surface area contributed by atoms with Crippen molar-refractivity contribution in [3.8, 4) is 0 Å². The summed E-state index contributed by atoms with van der Waals surface area (Å²) in [4.78, 5) is 27.7. The number of carbonyl (C=O) groups is 2. The van der Waals surface area contributed by atoms with Crippen LogP contribution in [0.5, 0.6) is 0 Å². The van der Waals surface area contributed by atoms with Crippen molar-refractivity contribution in [3.63, 3.8) is 0 Å². The van der Waals surface area contributed by atoms with Crippen molar-refractivity contribution in [2.24, 2.45) is 0 Å². The monoisotopic (exact) mass is 393 g/mol. The van der Waals surface area contributed by atoms with Gasteiger partial charge in [-0.3, -0.25) is 9.59 Å². The number of nitrogens with one attached hydrogen (secondary N) is 1. The van der Waals surface area contributed by atoms with Gasteiger partial charge in [0.2, 0.25) is 11.8 Å². The number of halogens is 2. The van der Waals surface area contributed by atoms with E-state index in [0.717, 1.165) is 11.4 Å². The first-order valence-electron chi connectivity index (χ1n) is 8.09. The minimum atomic E-state index is -0.245. The van der Waals surface area contributed by atoms with Gasteiger partial charge in [-0.25, -0.2) is 0 Å². The summed E-state index contributed by atoms with van der Waals surface area (Å²) < 4.78 is 0. The van der Waals surface area contributed by atoms with Crippen molar-refractivity contribution in [2.75, 3.05) is 35.8 Å². The summed E-state index contributed by atoms with van der Waals surface area (Å²) in [7, 11) is 3.89. The summed E-state index contributed by atoms with van der Waals surface area (Å²) in [5.41, 5.74) is 2.23. The van der Waals surface area contributed by atoms with E-state index in [1.54, 1.807) is 23.1 Å². The molecule has 2 aromatic rings. The van der Waals surface area contributed by atoms with Gasteiger partial charge < -0.3 is 15.1 Å². The molecule has 0 unspecified atom stereocenters. The second-order valence-electron chi connectivity index (χ2n) is 5.98. The highest BCUT2D eigenvalue weighted by molar-refractivity contribution is 6.43. The molecule has 0 saturated carbocycles. The predicted molar refractivity (Wildman–Crippen MR) is 109 cm³/mol. The fourth-order valence-electron chi connectivity index (χ4n) is 2.43. The quantitative estimate of drug-likeness (QED) is 0.788. The zero-order valence-electron chi connectivity index (χ0n) is 14.9. The number of hydrogen-bond acceptors (Lipinski definition) is 3. The topological polar surface area (TPSA) is 52.7 Å². The molecule has 0 fully saturated rings. The molecule has 2 amide bonds. The van der Waals surface area contributed by atoms with Gasteiger partial charge >= 0.3 is 0 Å². The lowest BCUT2D eigenvalue weighted by atomic mass is 10.2. The molecule has 0 aliphatic heterocycles. The summed E-state index contributed by atoms with van der Waals surface area (Å²) in [5, 5.41) is 3.39. The third kappa shape index (κ3) is 5.13. The predicted octanol–water partition coefficient (Wildman–Crippen LogP) is 4.44. The van der Waals surface area contributed by atoms with Crippen LogP contribution in [0, 0.1) is 0 Å². The Bertz CT molecular complexity index is 792. The Labute approximate surface area is 163 Å². The minimum absolute atomic E-state index is 0.129. The van der Waals surface area contributed by atoms with Gasteiger partial charge in [0.15, 0.2) is 0 Å². The number of amides is 2. The van der Waals surface area contributed by atoms with Crippen LogP contribution in [0.1, 0.15) is 13.3 Å². The Balaban J connectivity index is 2.03. The van der Waals surface area contributed by atoms with Crippen molar-refractivity contribution in [2.45, 2.75) is 13.3 Å². The molecule has 0 bridgehead atoms. The van der Waals surface area contributed by atoms with Crippen LogP contribution in [0.25, 0.3) is 0 Å². The number of nitrogens with zero attached hydrogens (tertiary/aromatic N) is 2. The van der Waals surface area contributed by atoms with Crippen molar-refractivity contribution in [1.29, 1.82) is 0 Å². The maximum Gasteiger partial charge on any atom is 0.226 e. The molecule has 0 heterocycles. The van der Waals surface area contributed by atoms with Crippen LogP contribution in [0.2, 0.25) is 10.0 Å². The number of benzene rings is 2. The first kappa shape index (κ1) is 20.1. The first-order valence-corrected chi connectivity index (χ1v) is 8.84. The van der Waals surface area contributed by atoms with E-state index in [4.69, 9.17) is 23.2 Å². The molecule has 0 aliphatic rings. The number of hydrogen-bond donors (Lipinski definition) is 1. The molecule has 5 nitrogen and oxygen atoms in total. The zero-order valence-corrected chi connectivity index (χ0v) is 16.4. The molecule has 2 aromatic carbocycles. The van der Waals surface area contributed by atoms with Crippen LogP contribution in [0.3, 0.4) is 0 Å². The summed E-state index contributed by atoms with van der Waals surface area (Å²) in [6, 6.07) is 12.6. The van der Waals surface area contributed by atoms with Crippen molar-refractivity contribution in [1.82, 2.24) is 0 Å². The lowest BCUT2D eigenvalue weighted by Gasteiger charge is -2.22. The number of carbonyl (C=O) groups excluding carboxylic acids is 2. The zero-order chi connectivity index (χ0) is 19.3. The van der Waals surface area contributed by atoms with Gasteiger partial charge in [0, 0.05) is 45.4 Å². The Morgan fingerprint density at radius 3 is 2.19 bits per heavy atom. The van der Waals surface area contributed by atoms with Crippen LogP contribution in [0.4, 0.5) is 17.1 Å². The fraction of sp³-hybridized carbons (Fsp3) is 0.263. The third-order valence-electron chi connectivity index (χ3n) is 3.85. The second-order valence-corrected chi connectivity index (χ2v) is 6.77. The Morgan fingerprint density at radius 2 is 1.62 bits per heavy atom. The number of rotatable bonds is 6. The average Bonchev–Trinajstić information content (AvgIpc) is 2.59. The lowest BCUT2D eigenvalue weighted by Crippen LogP contribution is -2.32. The van der Waals surface area contributed by atoms with Gasteiger partial charge in [-0.2, -0.15) is 0 Å². The molecule has 0 aromatic heterocycles. The van der Waals surface area contributed by atoms with Gasteiger partial charge in [0.05, 0.1) is 15.7 Å². The molecule has 138 valence electrons. The van der Waals surface area contributed by atoms with Crippen LogP contribution >= 0.6 is 23.2 Å². The minimum Gasteiger partial charge on any atom is -0.378 e. The number of anilines is 3. The van der Waals surface area contributed by atoms with E-state index in [1.165, 1.54) is 6.92 Å². The summed E-state index contributed by atoms with van der Waals surface area (Å²) >= 11 is 12.0. The van der Waals surface area contributed by atoms with Crippen molar-refractivity contribution < 1.29 is 9.59 Å². The molecule has 0 saturated heterocycles. The molecule has 0 aliphatic carbocycles. The van der Waals surface area contributed by atoms with Crippen molar-refractivity contribution >= 4 is 52.1 Å².